The minimum Gasteiger partial charge on any atom is -0.493 e. The van der Waals surface area contributed by atoms with E-state index in [2.05, 4.69) is 38.4 Å². The Kier molecular flexibility index (Phi) is 8.26. The molecular formula is C30H34N6O4. The Hall–Kier alpha value is -4.44. The summed E-state index contributed by atoms with van der Waals surface area (Å²) in [6.07, 6.45) is 3.11. The molecule has 3 aromatic heterocycles. The number of ether oxygens (including phenoxy) is 2. The molecule has 5 aromatic rings. The van der Waals surface area contributed by atoms with E-state index in [9.17, 15) is 4.79 Å². The first-order valence-electron chi connectivity index (χ1n) is 13.3. The van der Waals surface area contributed by atoms with Crippen molar-refractivity contribution in [3.63, 3.8) is 0 Å². The molecule has 10 heteroatoms. The van der Waals surface area contributed by atoms with Gasteiger partial charge in [0.25, 0.3) is 5.56 Å². The third-order valence-corrected chi connectivity index (χ3v) is 7.16. The predicted octanol–water partition coefficient (Wildman–Crippen LogP) is 4.68. The second-order valence-corrected chi connectivity index (χ2v) is 9.82. The number of furan rings is 1. The summed E-state index contributed by atoms with van der Waals surface area (Å²) in [5.41, 5.74) is 3.61. The van der Waals surface area contributed by atoms with Crippen LogP contribution in [0.5, 0.6) is 11.5 Å². The largest absolute Gasteiger partial charge is 0.493 e. The Balaban J connectivity index is 1.48. The normalized spacial score (nSPS) is 12.2. The fourth-order valence-electron chi connectivity index (χ4n) is 5.07. The SMILES string of the molecule is CC[C@H](c1nnnn1Cc1ccco1)N(CCc1ccc(OC)c(OC)c1)Cc1cc2ccc(C)cc2[nH]c1=O. The second-order valence-electron chi connectivity index (χ2n) is 9.82. The number of aromatic amines is 1. The number of rotatable bonds is 12. The van der Waals surface area contributed by atoms with Gasteiger partial charge in [-0.2, -0.15) is 0 Å². The lowest BCUT2D eigenvalue weighted by molar-refractivity contribution is 0.171. The molecule has 5 rings (SSSR count). The number of hydrogen-bond acceptors (Lipinski definition) is 8. The number of aromatic nitrogens is 5. The highest BCUT2D eigenvalue weighted by atomic mass is 16.5. The van der Waals surface area contributed by atoms with Gasteiger partial charge in [-0.3, -0.25) is 9.69 Å². The van der Waals surface area contributed by atoms with Gasteiger partial charge in [0.05, 0.1) is 26.5 Å². The standard InChI is InChI=1S/C30H34N6O4/c1-5-26(29-32-33-34-36(29)19-24-7-6-14-40-24)35(13-12-21-9-11-27(38-3)28(16-21)39-4)18-23-17-22-10-8-20(2)15-25(22)31-30(23)37/h6-11,14-17,26H,5,12-13,18-19H2,1-4H3,(H,31,37)/t26-/m1/s1. The molecule has 0 aliphatic carbocycles. The van der Waals surface area contributed by atoms with Gasteiger partial charge < -0.3 is 18.9 Å². The van der Waals surface area contributed by atoms with Gasteiger partial charge in [-0.15, -0.1) is 5.10 Å². The van der Waals surface area contributed by atoms with Crippen LogP contribution in [0.4, 0.5) is 0 Å². The molecule has 0 radical (unpaired) electrons. The number of benzene rings is 2. The van der Waals surface area contributed by atoms with Gasteiger partial charge in [-0.25, -0.2) is 4.68 Å². The van der Waals surface area contributed by atoms with Crippen molar-refractivity contribution in [1.82, 2.24) is 30.1 Å². The van der Waals surface area contributed by atoms with Crippen LogP contribution >= 0.6 is 0 Å². The minimum absolute atomic E-state index is 0.0979. The van der Waals surface area contributed by atoms with Crippen LogP contribution in [0.1, 0.15) is 47.7 Å². The van der Waals surface area contributed by atoms with E-state index < -0.39 is 0 Å². The van der Waals surface area contributed by atoms with E-state index in [1.165, 1.54) is 0 Å². The third kappa shape index (κ3) is 5.91. The van der Waals surface area contributed by atoms with Gasteiger partial charge >= 0.3 is 0 Å². The van der Waals surface area contributed by atoms with Crippen molar-refractivity contribution in [2.24, 2.45) is 0 Å². The quantitative estimate of drug-likeness (QED) is 0.242. The zero-order chi connectivity index (χ0) is 28.1. The number of hydrogen-bond donors (Lipinski definition) is 1. The van der Waals surface area contributed by atoms with Crippen LogP contribution in [0.15, 0.2) is 70.1 Å². The molecule has 0 aliphatic heterocycles. The lowest BCUT2D eigenvalue weighted by Crippen LogP contribution is -2.34. The first kappa shape index (κ1) is 27.1. The Morgan fingerprint density at radius 2 is 1.93 bits per heavy atom. The van der Waals surface area contributed by atoms with Crippen molar-refractivity contribution < 1.29 is 13.9 Å². The summed E-state index contributed by atoms with van der Waals surface area (Å²) in [5.74, 6) is 2.85. The predicted molar refractivity (Wildman–Crippen MR) is 152 cm³/mol. The molecule has 208 valence electrons. The minimum atomic E-state index is -0.141. The molecular weight excluding hydrogens is 508 g/mol. The van der Waals surface area contributed by atoms with Crippen molar-refractivity contribution in [2.75, 3.05) is 20.8 Å². The Morgan fingerprint density at radius 1 is 1.07 bits per heavy atom. The number of nitrogens with one attached hydrogen (secondary N) is 1. The molecule has 0 saturated carbocycles. The summed E-state index contributed by atoms with van der Waals surface area (Å²) >= 11 is 0. The van der Waals surface area contributed by atoms with E-state index >= 15 is 0 Å². The smallest absolute Gasteiger partial charge is 0.252 e. The monoisotopic (exact) mass is 542 g/mol. The molecule has 0 spiro atoms. The second kappa shape index (κ2) is 12.2. The van der Waals surface area contributed by atoms with E-state index in [-0.39, 0.29) is 11.6 Å². The third-order valence-electron chi connectivity index (χ3n) is 7.16. The summed E-state index contributed by atoms with van der Waals surface area (Å²) in [6.45, 7) is 5.63. The van der Waals surface area contributed by atoms with Gasteiger partial charge in [0.15, 0.2) is 17.3 Å². The molecule has 40 heavy (non-hydrogen) atoms. The van der Waals surface area contributed by atoms with E-state index in [0.29, 0.717) is 36.7 Å². The van der Waals surface area contributed by atoms with Gasteiger partial charge in [0.2, 0.25) is 0 Å². The maximum absolute atomic E-state index is 13.2. The molecule has 0 fully saturated rings. The highest BCUT2D eigenvalue weighted by Crippen LogP contribution is 2.29. The summed E-state index contributed by atoms with van der Waals surface area (Å²) in [6, 6.07) is 17.6. The molecule has 0 unspecified atom stereocenters. The average molecular weight is 543 g/mol. The molecule has 3 heterocycles. The lowest BCUT2D eigenvalue weighted by atomic mass is 10.1. The highest BCUT2D eigenvalue weighted by molar-refractivity contribution is 5.79. The van der Waals surface area contributed by atoms with Crippen molar-refractivity contribution in [2.45, 2.75) is 45.8 Å². The highest BCUT2D eigenvalue weighted by Gasteiger charge is 2.26. The molecule has 0 bridgehead atoms. The fourth-order valence-corrected chi connectivity index (χ4v) is 5.07. The van der Waals surface area contributed by atoms with Crippen LogP contribution in [0.2, 0.25) is 0 Å². The van der Waals surface area contributed by atoms with Gasteiger partial charge in [-0.05, 0) is 83.1 Å². The molecule has 0 saturated heterocycles. The molecule has 2 aromatic carbocycles. The maximum Gasteiger partial charge on any atom is 0.252 e. The number of fused-ring (bicyclic) bond motifs is 1. The number of pyridine rings is 1. The first-order chi connectivity index (χ1) is 19.5. The molecule has 1 atom stereocenters. The zero-order valence-electron chi connectivity index (χ0n) is 23.3. The number of nitrogens with zero attached hydrogens (tertiary/aromatic N) is 5. The number of aryl methyl sites for hydroxylation is 1. The van der Waals surface area contributed by atoms with Crippen LogP contribution in [0.3, 0.4) is 0 Å². The Bertz CT molecular complexity index is 1630. The van der Waals surface area contributed by atoms with E-state index in [4.69, 9.17) is 13.9 Å². The number of H-pyrrole nitrogens is 1. The van der Waals surface area contributed by atoms with Crippen LogP contribution in [0, 0.1) is 6.92 Å². The number of methoxy groups -OCH3 is 2. The van der Waals surface area contributed by atoms with Gasteiger partial charge in [0, 0.05) is 24.2 Å². The molecule has 0 aliphatic rings. The van der Waals surface area contributed by atoms with Crippen LogP contribution < -0.4 is 15.0 Å². The summed E-state index contributed by atoms with van der Waals surface area (Å²) < 4.78 is 18.2. The average Bonchev–Trinajstić information content (AvgIpc) is 3.65. The first-order valence-corrected chi connectivity index (χ1v) is 13.3. The molecule has 0 amide bonds. The van der Waals surface area contributed by atoms with Crippen molar-refractivity contribution in [3.8, 4) is 11.5 Å². The van der Waals surface area contributed by atoms with Crippen LogP contribution in [-0.2, 0) is 19.5 Å². The van der Waals surface area contributed by atoms with E-state index in [1.807, 2.05) is 55.5 Å². The Morgan fingerprint density at radius 3 is 2.67 bits per heavy atom. The molecule has 10 nitrogen and oxygen atoms in total. The molecule has 1 N–H and O–H groups in total. The maximum atomic E-state index is 13.2. The Labute approximate surface area is 232 Å². The zero-order valence-corrected chi connectivity index (χ0v) is 23.3. The van der Waals surface area contributed by atoms with Crippen LogP contribution in [0.25, 0.3) is 10.9 Å². The van der Waals surface area contributed by atoms with Crippen molar-refractivity contribution in [1.29, 1.82) is 0 Å². The van der Waals surface area contributed by atoms with Crippen molar-refractivity contribution >= 4 is 10.9 Å². The summed E-state index contributed by atoms with van der Waals surface area (Å²) in [4.78, 5) is 18.6. The fraction of sp³-hybridized carbons (Fsp3) is 0.333. The topological polar surface area (TPSA) is 111 Å². The summed E-state index contributed by atoms with van der Waals surface area (Å²) in [5, 5.41) is 13.6. The number of tetrazole rings is 1. The van der Waals surface area contributed by atoms with E-state index in [1.54, 1.807) is 25.2 Å². The van der Waals surface area contributed by atoms with Crippen LogP contribution in [-0.4, -0.2) is 50.9 Å². The van der Waals surface area contributed by atoms with Gasteiger partial charge in [0.1, 0.15) is 12.3 Å². The lowest BCUT2D eigenvalue weighted by Gasteiger charge is -2.30. The van der Waals surface area contributed by atoms with Crippen molar-refractivity contribution in [3.05, 3.63) is 99.5 Å². The summed E-state index contributed by atoms with van der Waals surface area (Å²) in [7, 11) is 3.26. The van der Waals surface area contributed by atoms with E-state index in [0.717, 1.165) is 46.5 Å². The van der Waals surface area contributed by atoms with Gasteiger partial charge in [-0.1, -0.05) is 25.1 Å².